The number of ketones is 1. The van der Waals surface area contributed by atoms with Crippen LogP contribution >= 0.6 is 0 Å². The summed E-state index contributed by atoms with van der Waals surface area (Å²) in [7, 11) is 0. The van der Waals surface area contributed by atoms with E-state index in [0.29, 0.717) is 22.9 Å². The summed E-state index contributed by atoms with van der Waals surface area (Å²) in [6.45, 7) is 1.50. The number of carbonyl (C=O) groups is 1. The minimum atomic E-state index is -0.942. The Bertz CT molecular complexity index is 913. The molecule has 25 heavy (non-hydrogen) atoms. The van der Waals surface area contributed by atoms with Gasteiger partial charge in [-0.2, -0.15) is 0 Å². The largest absolute Gasteiger partial charge is 0.340 e. The lowest BCUT2D eigenvalue weighted by molar-refractivity contribution is 0.101. The van der Waals surface area contributed by atoms with E-state index in [0.717, 1.165) is 17.8 Å². The number of aromatic nitrogens is 2. The molecule has 0 saturated heterocycles. The van der Waals surface area contributed by atoms with E-state index in [2.05, 4.69) is 20.6 Å². The molecule has 0 atom stereocenters. The molecule has 0 fully saturated rings. The lowest BCUT2D eigenvalue weighted by Gasteiger charge is -2.09. The zero-order chi connectivity index (χ0) is 17.8. The summed E-state index contributed by atoms with van der Waals surface area (Å²) in [6, 6.07) is 12.1. The summed E-state index contributed by atoms with van der Waals surface area (Å²) in [4.78, 5) is 19.4. The van der Waals surface area contributed by atoms with Gasteiger partial charge in [0.15, 0.2) is 17.4 Å². The van der Waals surface area contributed by atoms with Gasteiger partial charge in [-0.25, -0.2) is 18.7 Å². The lowest BCUT2D eigenvalue weighted by Crippen LogP contribution is -1.99. The number of hydrogen-bond donors (Lipinski definition) is 2. The van der Waals surface area contributed by atoms with Crippen LogP contribution in [0.4, 0.5) is 31.8 Å². The molecule has 0 bridgehead atoms. The number of anilines is 4. The fourth-order valence-corrected chi connectivity index (χ4v) is 2.15. The van der Waals surface area contributed by atoms with Gasteiger partial charge in [0, 0.05) is 29.1 Å². The lowest BCUT2D eigenvalue weighted by atomic mass is 10.1. The van der Waals surface area contributed by atoms with E-state index in [4.69, 9.17) is 0 Å². The Morgan fingerprint density at radius 3 is 2.04 bits per heavy atom. The molecular weight excluding hydrogens is 326 g/mol. The number of nitrogens with zero attached hydrogens (tertiary/aromatic N) is 2. The highest BCUT2D eigenvalue weighted by molar-refractivity contribution is 5.94. The van der Waals surface area contributed by atoms with Crippen LogP contribution in [0, 0.1) is 11.6 Å². The highest BCUT2D eigenvalue weighted by Crippen LogP contribution is 2.21. The van der Waals surface area contributed by atoms with Crippen LogP contribution in [0.2, 0.25) is 0 Å². The standard InChI is InChI=1S/C18H14F2N4O/c1-11(25)12-2-4-13(5-3-12)23-17-9-18(22-10-21-17)24-14-6-7-15(19)16(20)8-14/h2-10H,1H3,(H2,21,22,23,24). The number of carbonyl (C=O) groups excluding carboxylic acids is 1. The van der Waals surface area contributed by atoms with E-state index in [1.165, 1.54) is 19.3 Å². The fourth-order valence-electron chi connectivity index (χ4n) is 2.15. The van der Waals surface area contributed by atoms with Crippen molar-refractivity contribution < 1.29 is 13.6 Å². The molecule has 0 saturated carbocycles. The highest BCUT2D eigenvalue weighted by Gasteiger charge is 2.05. The average molecular weight is 340 g/mol. The topological polar surface area (TPSA) is 66.9 Å². The quantitative estimate of drug-likeness (QED) is 0.672. The van der Waals surface area contributed by atoms with Crippen LogP contribution in [0.15, 0.2) is 54.9 Å². The van der Waals surface area contributed by atoms with Crippen molar-refractivity contribution in [3.05, 3.63) is 72.1 Å². The van der Waals surface area contributed by atoms with Crippen molar-refractivity contribution in [1.82, 2.24) is 9.97 Å². The van der Waals surface area contributed by atoms with Crippen molar-refractivity contribution in [2.45, 2.75) is 6.92 Å². The third-order valence-electron chi connectivity index (χ3n) is 3.42. The average Bonchev–Trinajstić information content (AvgIpc) is 2.59. The van der Waals surface area contributed by atoms with Gasteiger partial charge in [0.1, 0.15) is 18.0 Å². The van der Waals surface area contributed by atoms with E-state index >= 15 is 0 Å². The SMILES string of the molecule is CC(=O)c1ccc(Nc2cc(Nc3ccc(F)c(F)c3)ncn2)cc1. The summed E-state index contributed by atoms with van der Waals surface area (Å²) in [5, 5.41) is 5.96. The van der Waals surface area contributed by atoms with Gasteiger partial charge < -0.3 is 10.6 Å². The minimum absolute atomic E-state index is 0.00778. The molecule has 2 N–H and O–H groups in total. The monoisotopic (exact) mass is 340 g/mol. The maximum Gasteiger partial charge on any atom is 0.160 e. The second kappa shape index (κ2) is 7.04. The Morgan fingerprint density at radius 2 is 1.44 bits per heavy atom. The van der Waals surface area contributed by atoms with E-state index in [9.17, 15) is 13.6 Å². The Morgan fingerprint density at radius 1 is 0.840 bits per heavy atom. The molecule has 7 heteroatoms. The molecule has 3 aromatic rings. The summed E-state index contributed by atoms with van der Waals surface area (Å²) >= 11 is 0. The predicted octanol–water partition coefficient (Wildman–Crippen LogP) is 4.44. The first-order valence-electron chi connectivity index (χ1n) is 7.43. The summed E-state index contributed by atoms with van der Waals surface area (Å²) in [5.41, 5.74) is 1.74. The van der Waals surface area contributed by atoms with Gasteiger partial charge in [0.05, 0.1) is 0 Å². The summed E-state index contributed by atoms with van der Waals surface area (Å²) < 4.78 is 26.2. The van der Waals surface area contributed by atoms with Gasteiger partial charge in [-0.1, -0.05) is 0 Å². The van der Waals surface area contributed by atoms with Gasteiger partial charge in [-0.15, -0.1) is 0 Å². The molecule has 3 rings (SSSR count). The minimum Gasteiger partial charge on any atom is -0.340 e. The maximum atomic E-state index is 13.3. The Labute approximate surface area is 142 Å². The molecule has 2 aromatic carbocycles. The van der Waals surface area contributed by atoms with E-state index in [1.54, 1.807) is 30.3 Å². The first-order chi connectivity index (χ1) is 12.0. The highest BCUT2D eigenvalue weighted by atomic mass is 19.2. The first-order valence-corrected chi connectivity index (χ1v) is 7.43. The van der Waals surface area contributed by atoms with Crippen LogP contribution in [-0.2, 0) is 0 Å². The third-order valence-corrected chi connectivity index (χ3v) is 3.42. The van der Waals surface area contributed by atoms with Crippen molar-refractivity contribution in [2.75, 3.05) is 10.6 Å². The van der Waals surface area contributed by atoms with Gasteiger partial charge in [-0.3, -0.25) is 4.79 Å². The molecule has 0 unspecified atom stereocenters. The van der Waals surface area contributed by atoms with E-state index in [-0.39, 0.29) is 5.78 Å². The predicted molar refractivity (Wildman–Crippen MR) is 91.4 cm³/mol. The van der Waals surface area contributed by atoms with Gasteiger partial charge in [0.25, 0.3) is 0 Å². The second-order valence-corrected chi connectivity index (χ2v) is 5.30. The van der Waals surface area contributed by atoms with E-state index < -0.39 is 11.6 Å². The molecule has 0 aliphatic heterocycles. The van der Waals surface area contributed by atoms with Gasteiger partial charge in [-0.05, 0) is 43.3 Å². The van der Waals surface area contributed by atoms with Crippen LogP contribution in [0.5, 0.6) is 0 Å². The molecule has 0 amide bonds. The van der Waals surface area contributed by atoms with Crippen molar-refractivity contribution in [3.8, 4) is 0 Å². The smallest absolute Gasteiger partial charge is 0.160 e. The third kappa shape index (κ3) is 4.14. The molecule has 126 valence electrons. The first kappa shape index (κ1) is 16.5. The van der Waals surface area contributed by atoms with Crippen LogP contribution < -0.4 is 10.6 Å². The number of hydrogen-bond acceptors (Lipinski definition) is 5. The Balaban J connectivity index is 1.74. The summed E-state index contributed by atoms with van der Waals surface area (Å²) in [5.74, 6) is -0.932. The number of Topliss-reactive ketones (excluding diaryl/α,β-unsaturated/α-hetero) is 1. The van der Waals surface area contributed by atoms with Crippen LogP contribution in [0.3, 0.4) is 0 Å². The van der Waals surface area contributed by atoms with Crippen LogP contribution in [0.25, 0.3) is 0 Å². The molecule has 5 nitrogen and oxygen atoms in total. The molecule has 1 heterocycles. The molecule has 0 aliphatic carbocycles. The molecule has 0 spiro atoms. The number of benzene rings is 2. The zero-order valence-corrected chi connectivity index (χ0v) is 13.3. The van der Waals surface area contributed by atoms with E-state index in [1.807, 2.05) is 0 Å². The molecular formula is C18H14F2N4O. The number of halogens is 2. The molecule has 0 radical (unpaired) electrons. The number of rotatable bonds is 5. The van der Waals surface area contributed by atoms with Gasteiger partial charge in [0.2, 0.25) is 0 Å². The Kier molecular flexibility index (Phi) is 4.65. The zero-order valence-electron chi connectivity index (χ0n) is 13.3. The van der Waals surface area contributed by atoms with Crippen LogP contribution in [0.1, 0.15) is 17.3 Å². The van der Waals surface area contributed by atoms with Gasteiger partial charge >= 0.3 is 0 Å². The van der Waals surface area contributed by atoms with Crippen LogP contribution in [-0.4, -0.2) is 15.8 Å². The van der Waals surface area contributed by atoms with Crippen molar-refractivity contribution >= 4 is 28.8 Å². The maximum absolute atomic E-state index is 13.3. The normalized spacial score (nSPS) is 10.4. The van der Waals surface area contributed by atoms with Crippen molar-refractivity contribution in [1.29, 1.82) is 0 Å². The fraction of sp³-hybridized carbons (Fsp3) is 0.0556. The molecule has 1 aromatic heterocycles. The van der Waals surface area contributed by atoms with Crippen molar-refractivity contribution in [3.63, 3.8) is 0 Å². The van der Waals surface area contributed by atoms with Crippen molar-refractivity contribution in [2.24, 2.45) is 0 Å². The molecule has 0 aliphatic rings. The second-order valence-electron chi connectivity index (χ2n) is 5.30. The number of nitrogens with one attached hydrogen (secondary N) is 2. The summed E-state index contributed by atoms with van der Waals surface area (Å²) in [6.07, 6.45) is 1.34. The Hall–Kier alpha value is -3.35.